The van der Waals surface area contributed by atoms with E-state index in [1.807, 2.05) is 42.5 Å². The van der Waals surface area contributed by atoms with Crippen molar-refractivity contribution in [3.63, 3.8) is 0 Å². The van der Waals surface area contributed by atoms with Gasteiger partial charge in [0.2, 0.25) is 0 Å². The molecule has 2 aromatic carbocycles. The van der Waals surface area contributed by atoms with Crippen molar-refractivity contribution >= 4 is 44.0 Å². The normalized spacial score (nSPS) is 12.0. The van der Waals surface area contributed by atoms with Gasteiger partial charge in [-0.1, -0.05) is 59.0 Å². The number of fused-ring (bicyclic) bond motifs is 1. The SMILES string of the molecule is N#Cc1cc2c(O[C@@H](CCI)c3ccccc3)cccc2s1. The summed E-state index contributed by atoms with van der Waals surface area (Å²) in [4.78, 5) is 0.719. The lowest BCUT2D eigenvalue weighted by Gasteiger charge is -2.19. The largest absolute Gasteiger partial charge is 0.485 e. The molecule has 0 spiro atoms. The molecule has 4 heteroatoms. The first-order valence-electron chi connectivity index (χ1n) is 7.02. The molecular weight excluding hydrogens is 405 g/mol. The standard InChI is InChI=1S/C18H14INOS/c19-10-9-16(13-5-2-1-3-6-13)21-17-7-4-8-18-15(17)11-14(12-20)22-18/h1-8,11,16H,9-10H2/t16-/m0/s1. The molecule has 0 amide bonds. The van der Waals surface area contributed by atoms with E-state index in [1.54, 1.807) is 0 Å². The van der Waals surface area contributed by atoms with Crippen LogP contribution in [0.4, 0.5) is 0 Å². The van der Waals surface area contributed by atoms with Crippen molar-refractivity contribution in [1.29, 1.82) is 5.26 Å². The van der Waals surface area contributed by atoms with Gasteiger partial charge >= 0.3 is 0 Å². The molecule has 0 radical (unpaired) electrons. The zero-order chi connectivity index (χ0) is 15.4. The molecule has 0 unspecified atom stereocenters. The molecule has 3 aromatic rings. The minimum Gasteiger partial charge on any atom is -0.485 e. The maximum atomic E-state index is 9.09. The van der Waals surface area contributed by atoms with E-state index in [0.717, 1.165) is 31.6 Å². The van der Waals surface area contributed by atoms with Gasteiger partial charge in [-0.15, -0.1) is 11.3 Å². The molecule has 110 valence electrons. The summed E-state index contributed by atoms with van der Waals surface area (Å²) in [6, 6.07) is 20.4. The van der Waals surface area contributed by atoms with Crippen LogP contribution < -0.4 is 4.74 Å². The Bertz CT molecular complexity index is 807. The van der Waals surface area contributed by atoms with E-state index in [2.05, 4.69) is 40.8 Å². The van der Waals surface area contributed by atoms with E-state index in [-0.39, 0.29) is 6.10 Å². The van der Waals surface area contributed by atoms with Gasteiger partial charge in [0.1, 0.15) is 22.8 Å². The fourth-order valence-corrected chi connectivity index (χ4v) is 3.85. The number of halogens is 1. The highest BCUT2D eigenvalue weighted by molar-refractivity contribution is 14.1. The Kier molecular flexibility index (Phi) is 4.96. The number of alkyl halides is 1. The molecule has 0 fully saturated rings. The predicted molar refractivity (Wildman–Crippen MR) is 99.9 cm³/mol. The number of benzene rings is 2. The number of hydrogen-bond donors (Lipinski definition) is 0. The van der Waals surface area contributed by atoms with E-state index in [4.69, 9.17) is 10.00 Å². The summed E-state index contributed by atoms with van der Waals surface area (Å²) in [5.41, 5.74) is 1.19. The van der Waals surface area contributed by atoms with Crippen molar-refractivity contribution in [2.75, 3.05) is 4.43 Å². The number of rotatable bonds is 5. The van der Waals surface area contributed by atoms with Crippen LogP contribution >= 0.6 is 33.9 Å². The van der Waals surface area contributed by atoms with Crippen molar-refractivity contribution in [1.82, 2.24) is 0 Å². The monoisotopic (exact) mass is 419 g/mol. The van der Waals surface area contributed by atoms with Crippen LogP contribution in [0.2, 0.25) is 0 Å². The predicted octanol–water partition coefficient (Wildman–Crippen LogP) is 5.72. The Morgan fingerprint density at radius 3 is 2.68 bits per heavy atom. The van der Waals surface area contributed by atoms with Gasteiger partial charge in [-0.05, 0) is 30.2 Å². The second-order valence-electron chi connectivity index (χ2n) is 4.89. The Labute approximate surface area is 147 Å². The van der Waals surface area contributed by atoms with Crippen LogP contribution in [-0.2, 0) is 0 Å². The number of nitrogens with zero attached hydrogens (tertiary/aromatic N) is 1. The molecule has 1 heterocycles. The summed E-state index contributed by atoms with van der Waals surface area (Å²) in [6.07, 6.45) is 0.991. The molecule has 0 aliphatic carbocycles. The zero-order valence-corrected chi connectivity index (χ0v) is 14.8. The van der Waals surface area contributed by atoms with Gasteiger partial charge in [0, 0.05) is 14.5 Å². The molecule has 1 aromatic heterocycles. The molecule has 0 bridgehead atoms. The summed E-state index contributed by atoms with van der Waals surface area (Å²) in [5.74, 6) is 0.856. The van der Waals surface area contributed by atoms with Crippen LogP contribution in [-0.4, -0.2) is 4.43 Å². The summed E-state index contributed by atoms with van der Waals surface area (Å²) in [5, 5.41) is 10.1. The summed E-state index contributed by atoms with van der Waals surface area (Å²) in [7, 11) is 0. The van der Waals surface area contributed by atoms with Crippen LogP contribution in [0, 0.1) is 11.3 Å². The number of ether oxygens (including phenoxy) is 1. The van der Waals surface area contributed by atoms with Gasteiger partial charge in [0.05, 0.1) is 0 Å². The number of thiophene rings is 1. The Morgan fingerprint density at radius 2 is 1.95 bits per heavy atom. The minimum atomic E-state index is 0.0362. The summed E-state index contributed by atoms with van der Waals surface area (Å²) < 4.78 is 8.43. The molecule has 3 rings (SSSR count). The van der Waals surface area contributed by atoms with Gasteiger partial charge in [-0.2, -0.15) is 5.26 Å². The van der Waals surface area contributed by atoms with Crippen molar-refractivity contribution in [3.05, 3.63) is 65.0 Å². The maximum absolute atomic E-state index is 9.09. The Hall–Kier alpha value is -1.58. The lowest BCUT2D eigenvalue weighted by atomic mass is 10.1. The minimum absolute atomic E-state index is 0.0362. The van der Waals surface area contributed by atoms with Gasteiger partial charge in [-0.3, -0.25) is 0 Å². The van der Waals surface area contributed by atoms with E-state index in [9.17, 15) is 0 Å². The van der Waals surface area contributed by atoms with Gasteiger partial charge in [-0.25, -0.2) is 0 Å². The lowest BCUT2D eigenvalue weighted by molar-refractivity contribution is 0.206. The quantitative estimate of drug-likeness (QED) is 0.392. The fourth-order valence-electron chi connectivity index (χ4n) is 2.41. The number of nitriles is 1. The molecule has 0 saturated carbocycles. The molecule has 1 atom stereocenters. The molecule has 0 N–H and O–H groups in total. The van der Waals surface area contributed by atoms with Crippen LogP contribution in [0.25, 0.3) is 10.1 Å². The molecule has 0 aliphatic heterocycles. The second-order valence-corrected chi connectivity index (χ2v) is 7.05. The van der Waals surface area contributed by atoms with Crippen molar-refractivity contribution in [2.45, 2.75) is 12.5 Å². The third-order valence-corrected chi connectivity index (χ3v) is 5.07. The Morgan fingerprint density at radius 1 is 1.14 bits per heavy atom. The average Bonchev–Trinajstić information content (AvgIpc) is 2.99. The highest BCUT2D eigenvalue weighted by atomic mass is 127. The fraction of sp³-hybridized carbons (Fsp3) is 0.167. The molecule has 0 saturated heterocycles. The zero-order valence-electron chi connectivity index (χ0n) is 11.8. The van der Waals surface area contributed by atoms with Crippen LogP contribution in [0.1, 0.15) is 23.0 Å². The van der Waals surface area contributed by atoms with Gasteiger partial charge in [0.25, 0.3) is 0 Å². The molecule has 2 nitrogen and oxygen atoms in total. The lowest BCUT2D eigenvalue weighted by Crippen LogP contribution is -2.08. The first kappa shape index (κ1) is 15.3. The third-order valence-electron chi connectivity index (χ3n) is 3.44. The first-order valence-corrected chi connectivity index (χ1v) is 9.36. The summed E-state index contributed by atoms with van der Waals surface area (Å²) in [6.45, 7) is 0. The highest BCUT2D eigenvalue weighted by Crippen LogP contribution is 2.35. The van der Waals surface area contributed by atoms with Crippen LogP contribution in [0.3, 0.4) is 0 Å². The summed E-state index contributed by atoms with van der Waals surface area (Å²) >= 11 is 3.88. The van der Waals surface area contributed by atoms with Crippen LogP contribution in [0.15, 0.2) is 54.6 Å². The Balaban J connectivity index is 1.96. The topological polar surface area (TPSA) is 33.0 Å². The van der Waals surface area contributed by atoms with Crippen LogP contribution in [0.5, 0.6) is 5.75 Å². The van der Waals surface area contributed by atoms with E-state index in [0.29, 0.717) is 0 Å². The van der Waals surface area contributed by atoms with E-state index >= 15 is 0 Å². The first-order chi connectivity index (χ1) is 10.8. The maximum Gasteiger partial charge on any atom is 0.128 e. The smallest absolute Gasteiger partial charge is 0.128 e. The van der Waals surface area contributed by atoms with Crippen molar-refractivity contribution < 1.29 is 4.74 Å². The highest BCUT2D eigenvalue weighted by Gasteiger charge is 2.15. The van der Waals surface area contributed by atoms with E-state index in [1.165, 1.54) is 16.9 Å². The van der Waals surface area contributed by atoms with Crippen molar-refractivity contribution in [2.24, 2.45) is 0 Å². The molecule has 0 aliphatic rings. The number of hydrogen-bond acceptors (Lipinski definition) is 3. The molecule has 22 heavy (non-hydrogen) atoms. The van der Waals surface area contributed by atoms with Crippen molar-refractivity contribution in [3.8, 4) is 11.8 Å². The van der Waals surface area contributed by atoms with Gasteiger partial charge < -0.3 is 4.74 Å². The molecular formula is C18H14INOS. The van der Waals surface area contributed by atoms with E-state index < -0.39 is 0 Å². The van der Waals surface area contributed by atoms with Gasteiger partial charge in [0.15, 0.2) is 0 Å². The average molecular weight is 419 g/mol. The second kappa shape index (κ2) is 7.12. The third kappa shape index (κ3) is 3.26.